The lowest BCUT2D eigenvalue weighted by Crippen LogP contribution is -2.45. The third-order valence-corrected chi connectivity index (χ3v) is 6.91. The van der Waals surface area contributed by atoms with Crippen LogP contribution in [0.5, 0.6) is 0 Å². The molecule has 2 amide bonds. The molecule has 5 rings (SSSR count). The quantitative estimate of drug-likeness (QED) is 0.500. The number of hydrogen-bond acceptors (Lipinski definition) is 4. The van der Waals surface area contributed by atoms with E-state index in [0.29, 0.717) is 59.8 Å². The van der Waals surface area contributed by atoms with E-state index >= 15 is 0 Å². The number of benzene rings is 3. The second kappa shape index (κ2) is 10.6. The molecule has 2 atom stereocenters. The summed E-state index contributed by atoms with van der Waals surface area (Å²) < 4.78 is 32.8. The molecular weight excluding hydrogens is 476 g/mol. The van der Waals surface area contributed by atoms with Gasteiger partial charge in [0, 0.05) is 43.8 Å². The molecule has 190 valence electrons. The molecule has 0 aromatic heterocycles. The number of likely N-dealkylation sites (tertiary alicyclic amines) is 1. The Balaban J connectivity index is 1.42. The summed E-state index contributed by atoms with van der Waals surface area (Å²) in [5.41, 5.74) is 3.39. The Morgan fingerprint density at radius 1 is 0.973 bits per heavy atom. The maximum absolute atomic E-state index is 14.0. The largest absolute Gasteiger partial charge is 0.383 e. The highest BCUT2D eigenvalue weighted by Gasteiger charge is 2.36. The Hall–Kier alpha value is -3.88. The Labute approximate surface area is 213 Å². The fourth-order valence-electron chi connectivity index (χ4n) is 5.13. The van der Waals surface area contributed by atoms with Crippen molar-refractivity contribution >= 4 is 23.1 Å². The van der Waals surface area contributed by atoms with Crippen molar-refractivity contribution in [2.24, 2.45) is 0 Å². The minimum atomic E-state index is -0.922. The third kappa shape index (κ3) is 5.03. The van der Waals surface area contributed by atoms with Gasteiger partial charge in [0.15, 0.2) is 17.4 Å². The van der Waals surface area contributed by atoms with Crippen molar-refractivity contribution in [3.63, 3.8) is 0 Å². The fourth-order valence-corrected chi connectivity index (χ4v) is 5.13. The van der Waals surface area contributed by atoms with Crippen molar-refractivity contribution < 1.29 is 23.1 Å². The normalized spacial score (nSPS) is 19.3. The summed E-state index contributed by atoms with van der Waals surface area (Å²) in [7, 11) is 1.62. The highest BCUT2D eigenvalue weighted by Crippen LogP contribution is 2.37. The average molecular weight is 504 g/mol. The molecule has 37 heavy (non-hydrogen) atoms. The van der Waals surface area contributed by atoms with Gasteiger partial charge in [-0.05, 0) is 23.3 Å². The van der Waals surface area contributed by atoms with Gasteiger partial charge in [-0.3, -0.25) is 9.69 Å². The van der Waals surface area contributed by atoms with Gasteiger partial charge in [-0.15, -0.1) is 0 Å². The van der Waals surface area contributed by atoms with Crippen LogP contribution in [0.25, 0.3) is 11.3 Å². The van der Waals surface area contributed by atoms with E-state index in [4.69, 9.17) is 4.74 Å². The lowest BCUT2D eigenvalue weighted by Gasteiger charge is -2.21. The van der Waals surface area contributed by atoms with Crippen molar-refractivity contribution in [1.82, 2.24) is 15.5 Å². The summed E-state index contributed by atoms with van der Waals surface area (Å²) in [4.78, 5) is 28.7. The molecule has 8 heteroatoms. The maximum Gasteiger partial charge on any atom is 0.319 e. The molecule has 0 radical (unpaired) electrons. The molecule has 6 nitrogen and oxygen atoms in total. The molecule has 3 aromatic carbocycles. The summed E-state index contributed by atoms with van der Waals surface area (Å²) in [6, 6.07) is 19.4. The first-order valence-electron chi connectivity index (χ1n) is 12.1. The number of amides is 2. The monoisotopic (exact) mass is 503 g/mol. The number of urea groups is 1. The van der Waals surface area contributed by atoms with E-state index in [1.54, 1.807) is 25.3 Å². The van der Waals surface area contributed by atoms with Crippen LogP contribution in [-0.4, -0.2) is 56.1 Å². The third-order valence-electron chi connectivity index (χ3n) is 6.91. The van der Waals surface area contributed by atoms with Crippen LogP contribution in [0.4, 0.5) is 13.6 Å². The smallest absolute Gasteiger partial charge is 0.319 e. The van der Waals surface area contributed by atoms with Crippen molar-refractivity contribution in [2.75, 3.05) is 33.4 Å². The first-order valence-corrected chi connectivity index (χ1v) is 12.1. The van der Waals surface area contributed by atoms with Crippen LogP contribution in [0.3, 0.4) is 0 Å². The minimum Gasteiger partial charge on any atom is -0.383 e. The fraction of sp³-hybridized carbons (Fsp3) is 0.241. The van der Waals surface area contributed by atoms with Crippen LogP contribution in [0.15, 0.2) is 72.8 Å². The minimum absolute atomic E-state index is 0.150. The van der Waals surface area contributed by atoms with Gasteiger partial charge in [0.2, 0.25) is 0 Å². The molecule has 1 fully saturated rings. The molecule has 2 N–H and O–H groups in total. The SMILES string of the molecule is COCCN1C[C@@H](NC(=O)NC2=C(c3ccccc3)C(=O)c3ccccc32)[C@H](c2ccc(F)c(F)c2)C1. The van der Waals surface area contributed by atoms with E-state index in [1.165, 1.54) is 6.07 Å². The second-order valence-electron chi connectivity index (χ2n) is 9.23. The number of carbonyl (C=O) groups excluding carboxylic acids is 2. The average Bonchev–Trinajstić information content (AvgIpc) is 3.43. The molecule has 1 aliphatic heterocycles. The highest BCUT2D eigenvalue weighted by molar-refractivity contribution is 6.40. The van der Waals surface area contributed by atoms with Gasteiger partial charge in [0.25, 0.3) is 0 Å². The van der Waals surface area contributed by atoms with Gasteiger partial charge in [0.05, 0.1) is 23.9 Å². The second-order valence-corrected chi connectivity index (χ2v) is 9.23. The molecule has 1 aliphatic carbocycles. The summed E-state index contributed by atoms with van der Waals surface area (Å²) in [5, 5.41) is 5.94. The van der Waals surface area contributed by atoms with Crippen LogP contribution in [0.1, 0.15) is 33.0 Å². The van der Waals surface area contributed by atoms with E-state index in [0.717, 1.165) is 6.07 Å². The summed E-state index contributed by atoms with van der Waals surface area (Å²) in [6.45, 7) is 2.22. The van der Waals surface area contributed by atoms with E-state index in [1.807, 2.05) is 42.5 Å². The number of halogens is 2. The number of allylic oxidation sites excluding steroid dienone is 1. The molecule has 0 unspecified atom stereocenters. The molecule has 1 saturated heterocycles. The number of nitrogens with one attached hydrogen (secondary N) is 2. The predicted octanol–water partition coefficient (Wildman–Crippen LogP) is 4.44. The number of carbonyl (C=O) groups is 2. The number of ketones is 1. The molecule has 0 saturated carbocycles. The summed E-state index contributed by atoms with van der Waals surface area (Å²) >= 11 is 0. The zero-order valence-corrected chi connectivity index (χ0v) is 20.3. The molecule has 2 aliphatic rings. The Bertz CT molecular complexity index is 1360. The molecule has 0 bridgehead atoms. The Morgan fingerprint density at radius 2 is 1.70 bits per heavy atom. The zero-order valence-electron chi connectivity index (χ0n) is 20.3. The Morgan fingerprint density at radius 3 is 2.43 bits per heavy atom. The predicted molar refractivity (Wildman–Crippen MR) is 137 cm³/mol. The summed E-state index contributed by atoms with van der Waals surface area (Å²) in [6.07, 6.45) is 0. The van der Waals surface area contributed by atoms with Gasteiger partial charge in [-0.25, -0.2) is 13.6 Å². The highest BCUT2D eigenvalue weighted by atomic mass is 19.2. The molecule has 1 heterocycles. The van der Waals surface area contributed by atoms with Crippen LogP contribution < -0.4 is 10.6 Å². The lowest BCUT2D eigenvalue weighted by molar-refractivity contribution is 0.105. The molecule has 0 spiro atoms. The summed E-state index contributed by atoms with van der Waals surface area (Å²) in [5.74, 6) is -2.24. The number of Topliss-reactive ketones (excluding diaryl/α,β-unsaturated/α-hetero) is 1. The van der Waals surface area contributed by atoms with Gasteiger partial charge in [-0.1, -0.05) is 60.7 Å². The van der Waals surface area contributed by atoms with Crippen molar-refractivity contribution in [1.29, 1.82) is 0 Å². The van der Waals surface area contributed by atoms with Crippen molar-refractivity contribution in [3.05, 3.63) is 107 Å². The first kappa shape index (κ1) is 24.8. The number of nitrogens with zero attached hydrogens (tertiary/aromatic N) is 1. The van der Waals surface area contributed by atoms with E-state index < -0.39 is 17.7 Å². The number of methoxy groups -OCH3 is 1. The number of hydrogen-bond donors (Lipinski definition) is 2. The lowest BCUT2D eigenvalue weighted by atomic mass is 9.94. The van der Waals surface area contributed by atoms with Crippen molar-refractivity contribution in [2.45, 2.75) is 12.0 Å². The Kier molecular flexibility index (Phi) is 7.12. The molecular formula is C29H27F2N3O3. The topological polar surface area (TPSA) is 70.7 Å². The van der Waals surface area contributed by atoms with Gasteiger partial charge in [-0.2, -0.15) is 0 Å². The number of rotatable bonds is 7. The first-order chi connectivity index (χ1) is 18.0. The van der Waals surface area contributed by atoms with E-state index in [9.17, 15) is 18.4 Å². The number of ether oxygens (including phenoxy) is 1. The van der Waals surface area contributed by atoms with Gasteiger partial charge < -0.3 is 15.4 Å². The van der Waals surface area contributed by atoms with Gasteiger partial charge in [0.1, 0.15) is 0 Å². The van der Waals surface area contributed by atoms with E-state index in [2.05, 4.69) is 15.5 Å². The molecule has 3 aromatic rings. The van der Waals surface area contributed by atoms with Gasteiger partial charge >= 0.3 is 6.03 Å². The zero-order chi connectivity index (χ0) is 25.9. The maximum atomic E-state index is 14.0. The number of fused-ring (bicyclic) bond motifs is 1. The van der Waals surface area contributed by atoms with Crippen LogP contribution in [-0.2, 0) is 4.74 Å². The van der Waals surface area contributed by atoms with Crippen molar-refractivity contribution in [3.8, 4) is 0 Å². The van der Waals surface area contributed by atoms with E-state index in [-0.39, 0.29) is 17.7 Å². The standard InChI is InChI=1S/C29H27F2N3O3/c1-37-14-13-34-16-22(19-11-12-23(30)24(31)15-19)25(17-34)32-29(36)33-27-20-9-5-6-10-21(20)28(35)26(27)18-7-3-2-4-8-18/h2-12,15,22,25H,13-14,16-17H2,1H3,(H2,32,33,36)/t22-,25+/m0/s1. The van der Waals surface area contributed by atoms with Crippen LogP contribution in [0.2, 0.25) is 0 Å². The van der Waals surface area contributed by atoms with Crippen LogP contribution in [0, 0.1) is 11.6 Å². The van der Waals surface area contributed by atoms with Crippen LogP contribution >= 0.6 is 0 Å².